The highest BCUT2D eigenvalue weighted by Gasteiger charge is 2.40. The molecular formula is C14H17N. The maximum atomic E-state index is 6.62. The van der Waals surface area contributed by atoms with Crippen LogP contribution in [0.4, 0.5) is 0 Å². The van der Waals surface area contributed by atoms with Gasteiger partial charge >= 0.3 is 0 Å². The highest BCUT2D eigenvalue weighted by atomic mass is 14.8. The van der Waals surface area contributed by atoms with Crippen LogP contribution in [-0.2, 0) is 12.0 Å². The number of allylic oxidation sites excluding steroid dienone is 1. The molecule has 2 aliphatic carbocycles. The van der Waals surface area contributed by atoms with E-state index in [-0.39, 0.29) is 5.54 Å². The number of rotatable bonds is 0. The Morgan fingerprint density at radius 3 is 3.00 bits per heavy atom. The van der Waals surface area contributed by atoms with Crippen molar-refractivity contribution in [2.45, 2.75) is 31.2 Å². The fourth-order valence-corrected chi connectivity index (χ4v) is 3.14. The highest BCUT2D eigenvalue weighted by molar-refractivity contribution is 5.38. The van der Waals surface area contributed by atoms with Crippen LogP contribution >= 0.6 is 0 Å². The largest absolute Gasteiger partial charge is 0.321 e. The minimum Gasteiger partial charge on any atom is -0.321 e. The molecule has 0 radical (unpaired) electrons. The topological polar surface area (TPSA) is 26.0 Å². The molecule has 2 N–H and O–H groups in total. The third kappa shape index (κ3) is 1.26. The summed E-state index contributed by atoms with van der Waals surface area (Å²) in [7, 11) is 0. The second-order valence-electron chi connectivity index (χ2n) is 4.84. The van der Waals surface area contributed by atoms with Crippen LogP contribution in [0.2, 0.25) is 0 Å². The number of fused-ring (bicyclic) bond motifs is 3. The maximum absolute atomic E-state index is 6.62. The van der Waals surface area contributed by atoms with Gasteiger partial charge in [0.1, 0.15) is 0 Å². The SMILES string of the molecule is N[C@]12CC=CC[C@H]1CCc1ccccc12. The van der Waals surface area contributed by atoms with E-state index in [1.807, 2.05) is 0 Å². The van der Waals surface area contributed by atoms with Gasteiger partial charge < -0.3 is 5.73 Å². The summed E-state index contributed by atoms with van der Waals surface area (Å²) in [6.45, 7) is 0. The molecule has 0 fully saturated rings. The van der Waals surface area contributed by atoms with Crippen LogP contribution < -0.4 is 5.73 Å². The van der Waals surface area contributed by atoms with E-state index in [1.165, 1.54) is 24.0 Å². The van der Waals surface area contributed by atoms with Crippen LogP contribution in [0.15, 0.2) is 36.4 Å². The minimum absolute atomic E-state index is 0.0798. The molecule has 15 heavy (non-hydrogen) atoms. The summed E-state index contributed by atoms with van der Waals surface area (Å²) in [5.74, 6) is 0.650. The Balaban J connectivity index is 2.13. The molecule has 0 aliphatic heterocycles. The van der Waals surface area contributed by atoms with Gasteiger partial charge in [-0.2, -0.15) is 0 Å². The lowest BCUT2D eigenvalue weighted by molar-refractivity contribution is 0.232. The zero-order valence-electron chi connectivity index (χ0n) is 8.95. The highest BCUT2D eigenvalue weighted by Crippen LogP contribution is 2.44. The van der Waals surface area contributed by atoms with E-state index in [2.05, 4.69) is 36.4 Å². The predicted octanol–water partition coefficient (Wildman–Crippen LogP) is 2.75. The molecule has 1 nitrogen and oxygen atoms in total. The van der Waals surface area contributed by atoms with E-state index >= 15 is 0 Å². The summed E-state index contributed by atoms with van der Waals surface area (Å²) in [4.78, 5) is 0. The van der Waals surface area contributed by atoms with Crippen molar-refractivity contribution < 1.29 is 0 Å². The quantitative estimate of drug-likeness (QED) is 0.639. The zero-order valence-corrected chi connectivity index (χ0v) is 8.95. The molecule has 0 bridgehead atoms. The standard InChI is InChI=1S/C14H17N/c15-14-10-4-3-6-12(14)9-8-11-5-1-2-7-13(11)14/h1-5,7,12H,6,8-10,15H2/t12-,14+/m0/s1. The van der Waals surface area contributed by atoms with E-state index in [9.17, 15) is 0 Å². The molecule has 0 spiro atoms. The first-order valence-electron chi connectivity index (χ1n) is 5.83. The number of hydrogen-bond donors (Lipinski definition) is 1. The van der Waals surface area contributed by atoms with Crippen molar-refractivity contribution in [1.82, 2.24) is 0 Å². The smallest absolute Gasteiger partial charge is 0.0478 e. The first-order valence-corrected chi connectivity index (χ1v) is 5.83. The molecular weight excluding hydrogens is 182 g/mol. The monoisotopic (exact) mass is 199 g/mol. The Morgan fingerprint density at radius 1 is 1.20 bits per heavy atom. The van der Waals surface area contributed by atoms with Crippen LogP contribution in [0.25, 0.3) is 0 Å². The molecule has 1 aromatic carbocycles. The molecule has 0 saturated heterocycles. The Hall–Kier alpha value is -1.08. The number of nitrogens with two attached hydrogens (primary N) is 1. The van der Waals surface area contributed by atoms with Crippen molar-refractivity contribution in [2.75, 3.05) is 0 Å². The number of hydrogen-bond acceptors (Lipinski definition) is 1. The Kier molecular flexibility index (Phi) is 1.96. The minimum atomic E-state index is -0.0798. The summed E-state index contributed by atoms with van der Waals surface area (Å²) in [5.41, 5.74) is 9.40. The predicted molar refractivity (Wildman–Crippen MR) is 62.5 cm³/mol. The first-order chi connectivity index (χ1) is 7.31. The molecule has 3 rings (SSSR count). The van der Waals surface area contributed by atoms with Crippen molar-refractivity contribution in [3.05, 3.63) is 47.5 Å². The normalized spacial score (nSPS) is 33.3. The molecule has 78 valence electrons. The third-order valence-corrected chi connectivity index (χ3v) is 4.05. The lowest BCUT2D eigenvalue weighted by atomic mass is 9.65. The van der Waals surface area contributed by atoms with Gasteiger partial charge in [0.2, 0.25) is 0 Å². The Labute approximate surface area is 91.0 Å². The molecule has 0 heterocycles. The van der Waals surface area contributed by atoms with Gasteiger partial charge in [0, 0.05) is 5.54 Å². The van der Waals surface area contributed by atoms with Gasteiger partial charge in [-0.1, -0.05) is 36.4 Å². The van der Waals surface area contributed by atoms with E-state index in [1.54, 1.807) is 0 Å². The molecule has 2 aliphatic rings. The van der Waals surface area contributed by atoms with Crippen LogP contribution in [0.5, 0.6) is 0 Å². The van der Waals surface area contributed by atoms with Crippen molar-refractivity contribution in [3.63, 3.8) is 0 Å². The average molecular weight is 199 g/mol. The first kappa shape index (κ1) is 9.17. The van der Waals surface area contributed by atoms with Crippen molar-refractivity contribution in [1.29, 1.82) is 0 Å². The lowest BCUT2D eigenvalue weighted by Crippen LogP contribution is -2.48. The molecule has 0 saturated carbocycles. The van der Waals surface area contributed by atoms with Gasteiger partial charge in [-0.05, 0) is 42.7 Å². The second kappa shape index (κ2) is 3.21. The van der Waals surface area contributed by atoms with Crippen molar-refractivity contribution >= 4 is 0 Å². The lowest BCUT2D eigenvalue weighted by Gasteiger charge is -2.44. The van der Waals surface area contributed by atoms with E-state index in [4.69, 9.17) is 5.73 Å². The van der Waals surface area contributed by atoms with Gasteiger partial charge in [0.05, 0.1) is 0 Å². The van der Waals surface area contributed by atoms with Crippen LogP contribution in [0, 0.1) is 5.92 Å². The van der Waals surface area contributed by atoms with Crippen molar-refractivity contribution in [2.24, 2.45) is 11.7 Å². The zero-order chi connectivity index (χ0) is 10.3. The number of benzene rings is 1. The van der Waals surface area contributed by atoms with E-state index in [0.717, 1.165) is 12.8 Å². The van der Waals surface area contributed by atoms with Gasteiger partial charge in [-0.25, -0.2) is 0 Å². The summed E-state index contributed by atoms with van der Waals surface area (Å²) >= 11 is 0. The van der Waals surface area contributed by atoms with Gasteiger partial charge in [0.15, 0.2) is 0 Å². The van der Waals surface area contributed by atoms with Crippen LogP contribution in [0.1, 0.15) is 30.4 Å². The molecule has 0 aromatic heterocycles. The fraction of sp³-hybridized carbons (Fsp3) is 0.429. The summed E-state index contributed by atoms with van der Waals surface area (Å²) in [6, 6.07) is 8.70. The van der Waals surface area contributed by atoms with E-state index in [0.29, 0.717) is 5.92 Å². The van der Waals surface area contributed by atoms with Crippen molar-refractivity contribution in [3.8, 4) is 0 Å². The molecule has 0 amide bonds. The third-order valence-electron chi connectivity index (χ3n) is 4.05. The summed E-state index contributed by atoms with van der Waals surface area (Å²) < 4.78 is 0. The van der Waals surface area contributed by atoms with Gasteiger partial charge in [0.25, 0.3) is 0 Å². The summed E-state index contributed by atoms with van der Waals surface area (Å²) in [5, 5.41) is 0. The maximum Gasteiger partial charge on any atom is 0.0478 e. The molecule has 2 atom stereocenters. The van der Waals surface area contributed by atoms with Gasteiger partial charge in [-0.3, -0.25) is 0 Å². The van der Waals surface area contributed by atoms with Crippen LogP contribution in [-0.4, -0.2) is 0 Å². The Morgan fingerprint density at radius 2 is 2.07 bits per heavy atom. The summed E-state index contributed by atoms with van der Waals surface area (Å²) in [6.07, 6.45) is 9.16. The average Bonchev–Trinajstić information content (AvgIpc) is 2.29. The molecule has 1 heteroatoms. The number of aryl methyl sites for hydroxylation is 1. The Bertz CT molecular complexity index is 408. The van der Waals surface area contributed by atoms with Gasteiger partial charge in [-0.15, -0.1) is 0 Å². The van der Waals surface area contributed by atoms with Crippen LogP contribution in [0.3, 0.4) is 0 Å². The van der Waals surface area contributed by atoms with E-state index < -0.39 is 0 Å². The second-order valence-corrected chi connectivity index (χ2v) is 4.84. The molecule has 0 unspecified atom stereocenters. The molecule has 1 aromatic rings. The fourth-order valence-electron chi connectivity index (χ4n) is 3.14.